The van der Waals surface area contributed by atoms with E-state index in [0.717, 1.165) is 29.8 Å². The lowest BCUT2D eigenvalue weighted by molar-refractivity contribution is 0.742. The molecule has 1 aromatic carbocycles. The lowest BCUT2D eigenvalue weighted by Crippen LogP contribution is -2.05. The maximum Gasteiger partial charge on any atom is 0.186 e. The Balaban J connectivity index is 2.60. The average molecular weight is 261 g/mol. The molecule has 4 nitrogen and oxygen atoms in total. The van der Waals surface area contributed by atoms with Gasteiger partial charge in [0.25, 0.3) is 0 Å². The zero-order valence-electron chi connectivity index (χ0n) is 10.3. The minimum Gasteiger partial charge on any atom is -0.216 e. The highest BCUT2D eigenvalue weighted by Crippen LogP contribution is 2.21. The van der Waals surface area contributed by atoms with Gasteiger partial charge in [-0.1, -0.05) is 36.2 Å². The van der Waals surface area contributed by atoms with Gasteiger partial charge in [-0.3, -0.25) is 0 Å². The lowest BCUT2D eigenvalue weighted by atomic mass is 10.1. The lowest BCUT2D eigenvalue weighted by Gasteiger charge is -2.09. The Morgan fingerprint density at radius 2 is 2.22 bits per heavy atom. The fourth-order valence-corrected chi connectivity index (χ4v) is 2.02. The minimum atomic E-state index is 0.385. The van der Waals surface area contributed by atoms with Crippen LogP contribution >= 0.6 is 11.6 Å². The number of aromatic nitrogens is 3. The third-order valence-corrected chi connectivity index (χ3v) is 2.99. The van der Waals surface area contributed by atoms with Gasteiger partial charge in [-0.15, -0.1) is 5.10 Å². The maximum atomic E-state index is 9.04. The molecule has 0 N–H and O–H groups in total. The molecule has 0 unspecified atom stereocenters. The van der Waals surface area contributed by atoms with Gasteiger partial charge in [0.15, 0.2) is 5.69 Å². The molecule has 92 valence electrons. The van der Waals surface area contributed by atoms with E-state index in [4.69, 9.17) is 16.9 Å². The van der Waals surface area contributed by atoms with Crippen molar-refractivity contribution < 1.29 is 0 Å². The second kappa shape index (κ2) is 5.19. The third kappa shape index (κ3) is 2.22. The Labute approximate surface area is 111 Å². The molecule has 0 saturated heterocycles. The van der Waals surface area contributed by atoms with Crippen molar-refractivity contribution in [2.24, 2.45) is 0 Å². The van der Waals surface area contributed by atoms with E-state index in [0.29, 0.717) is 10.7 Å². The van der Waals surface area contributed by atoms with Crippen LogP contribution in [-0.2, 0) is 6.42 Å². The van der Waals surface area contributed by atoms with Crippen LogP contribution in [0.5, 0.6) is 0 Å². The topological polar surface area (TPSA) is 54.5 Å². The average Bonchev–Trinajstić information content (AvgIpc) is 2.76. The molecule has 2 rings (SSSR count). The normalized spacial score (nSPS) is 10.3. The van der Waals surface area contributed by atoms with Crippen molar-refractivity contribution in [2.75, 3.05) is 0 Å². The molecule has 0 fully saturated rings. The highest BCUT2D eigenvalue weighted by Gasteiger charge is 2.14. The summed E-state index contributed by atoms with van der Waals surface area (Å²) in [6.07, 6.45) is 1.70. The number of nitrogens with zero attached hydrogens (tertiary/aromatic N) is 4. The van der Waals surface area contributed by atoms with Crippen LogP contribution in [0.4, 0.5) is 0 Å². The van der Waals surface area contributed by atoms with Crippen LogP contribution in [0.15, 0.2) is 18.2 Å². The fourth-order valence-electron chi connectivity index (χ4n) is 1.85. The number of nitriles is 1. The van der Waals surface area contributed by atoms with Gasteiger partial charge in [0, 0.05) is 5.02 Å². The second-order valence-corrected chi connectivity index (χ2v) is 4.53. The van der Waals surface area contributed by atoms with E-state index in [2.05, 4.69) is 23.3 Å². The van der Waals surface area contributed by atoms with Gasteiger partial charge in [0.2, 0.25) is 0 Å². The molecule has 5 heteroatoms. The smallest absolute Gasteiger partial charge is 0.186 e. The van der Waals surface area contributed by atoms with E-state index < -0.39 is 0 Å². The zero-order valence-corrected chi connectivity index (χ0v) is 11.1. The monoisotopic (exact) mass is 260 g/mol. The molecule has 1 aromatic heterocycles. The van der Waals surface area contributed by atoms with Crippen LogP contribution < -0.4 is 0 Å². The maximum absolute atomic E-state index is 9.04. The van der Waals surface area contributed by atoms with E-state index in [1.165, 1.54) is 0 Å². The number of halogens is 1. The number of hydrogen-bond acceptors (Lipinski definition) is 3. The van der Waals surface area contributed by atoms with Gasteiger partial charge in [-0.05, 0) is 31.0 Å². The van der Waals surface area contributed by atoms with Crippen LogP contribution in [-0.4, -0.2) is 15.0 Å². The third-order valence-electron chi connectivity index (χ3n) is 2.76. The Morgan fingerprint density at radius 1 is 1.44 bits per heavy atom. The highest BCUT2D eigenvalue weighted by molar-refractivity contribution is 6.30. The molecule has 18 heavy (non-hydrogen) atoms. The van der Waals surface area contributed by atoms with Crippen LogP contribution in [0.25, 0.3) is 5.69 Å². The predicted molar refractivity (Wildman–Crippen MR) is 69.8 cm³/mol. The zero-order chi connectivity index (χ0) is 13.1. The first-order valence-corrected chi connectivity index (χ1v) is 6.16. The van der Waals surface area contributed by atoms with Crippen molar-refractivity contribution in [3.8, 4) is 11.8 Å². The molecule has 0 radical (unpaired) electrons. The predicted octanol–water partition coefficient (Wildman–Crippen LogP) is 3.05. The molecule has 0 saturated carbocycles. The number of rotatable bonds is 3. The number of aryl methyl sites for hydroxylation is 1. The molecule has 0 aliphatic carbocycles. The molecule has 0 spiro atoms. The summed E-state index contributed by atoms with van der Waals surface area (Å²) in [5, 5.41) is 17.7. The minimum absolute atomic E-state index is 0.385. The number of benzene rings is 1. The SMILES string of the molecule is CCCc1c(C#N)nnn1-c1cc(Cl)ccc1C. The Bertz CT molecular complexity index is 610. The first-order chi connectivity index (χ1) is 8.67. The molecule has 0 atom stereocenters. The fraction of sp³-hybridized carbons (Fsp3) is 0.308. The Morgan fingerprint density at radius 3 is 2.89 bits per heavy atom. The van der Waals surface area contributed by atoms with E-state index >= 15 is 0 Å². The molecular formula is C13H13ClN4. The van der Waals surface area contributed by atoms with Crippen molar-refractivity contribution in [1.82, 2.24) is 15.0 Å². The van der Waals surface area contributed by atoms with Gasteiger partial charge >= 0.3 is 0 Å². The second-order valence-electron chi connectivity index (χ2n) is 4.09. The van der Waals surface area contributed by atoms with E-state index in [-0.39, 0.29) is 0 Å². The van der Waals surface area contributed by atoms with Gasteiger partial charge in [0.05, 0.1) is 11.4 Å². The molecule has 0 aliphatic rings. The highest BCUT2D eigenvalue weighted by atomic mass is 35.5. The molecule has 0 amide bonds. The summed E-state index contributed by atoms with van der Waals surface area (Å²) < 4.78 is 1.71. The van der Waals surface area contributed by atoms with Gasteiger partial charge in [-0.25, -0.2) is 4.68 Å². The Kier molecular flexibility index (Phi) is 3.63. The van der Waals surface area contributed by atoms with E-state index in [1.54, 1.807) is 4.68 Å². The summed E-state index contributed by atoms with van der Waals surface area (Å²) in [6.45, 7) is 4.04. The summed E-state index contributed by atoms with van der Waals surface area (Å²) in [4.78, 5) is 0. The van der Waals surface area contributed by atoms with Crippen molar-refractivity contribution in [3.63, 3.8) is 0 Å². The van der Waals surface area contributed by atoms with E-state index in [1.807, 2.05) is 25.1 Å². The molecule has 0 bridgehead atoms. The first-order valence-electron chi connectivity index (χ1n) is 5.78. The van der Waals surface area contributed by atoms with Crippen LogP contribution in [0.1, 0.15) is 30.3 Å². The quantitative estimate of drug-likeness (QED) is 0.852. The van der Waals surface area contributed by atoms with Crippen molar-refractivity contribution in [1.29, 1.82) is 5.26 Å². The molecular weight excluding hydrogens is 248 g/mol. The summed E-state index contributed by atoms with van der Waals surface area (Å²) in [7, 11) is 0. The Hall–Kier alpha value is -1.86. The van der Waals surface area contributed by atoms with Gasteiger partial charge in [-0.2, -0.15) is 5.26 Å². The van der Waals surface area contributed by atoms with Crippen LogP contribution in [0.3, 0.4) is 0 Å². The molecule has 0 aliphatic heterocycles. The van der Waals surface area contributed by atoms with Crippen molar-refractivity contribution in [3.05, 3.63) is 40.2 Å². The molecule has 1 heterocycles. The van der Waals surface area contributed by atoms with Crippen LogP contribution in [0, 0.1) is 18.3 Å². The summed E-state index contributed by atoms with van der Waals surface area (Å²) >= 11 is 6.01. The largest absolute Gasteiger partial charge is 0.216 e. The number of hydrogen-bond donors (Lipinski definition) is 0. The van der Waals surface area contributed by atoms with Gasteiger partial charge < -0.3 is 0 Å². The van der Waals surface area contributed by atoms with Crippen molar-refractivity contribution in [2.45, 2.75) is 26.7 Å². The van der Waals surface area contributed by atoms with Gasteiger partial charge in [0.1, 0.15) is 6.07 Å². The van der Waals surface area contributed by atoms with Crippen molar-refractivity contribution >= 4 is 11.6 Å². The van der Waals surface area contributed by atoms with Crippen LogP contribution in [0.2, 0.25) is 5.02 Å². The first kappa shape index (κ1) is 12.6. The van der Waals surface area contributed by atoms with E-state index in [9.17, 15) is 0 Å². The summed E-state index contributed by atoms with van der Waals surface area (Å²) in [6, 6.07) is 7.68. The summed E-state index contributed by atoms with van der Waals surface area (Å²) in [5.74, 6) is 0. The molecule has 2 aromatic rings. The standard InChI is InChI=1S/C13H13ClN4/c1-3-4-12-11(8-15)16-17-18(12)13-7-10(14)6-5-9(13)2/h5-7H,3-4H2,1-2H3. The summed E-state index contributed by atoms with van der Waals surface area (Å²) in [5.41, 5.74) is 3.15.